The summed E-state index contributed by atoms with van der Waals surface area (Å²) < 4.78 is 0. The number of oxime groups is 1. The van der Waals surface area contributed by atoms with Gasteiger partial charge >= 0.3 is 0 Å². The average molecular weight is 383 g/mol. The minimum Gasteiger partial charge on any atom is -0.387 e. The van der Waals surface area contributed by atoms with Crippen LogP contribution >= 0.6 is 0 Å². The molecule has 0 aromatic heterocycles. The molecule has 2 fully saturated rings. The van der Waals surface area contributed by atoms with E-state index in [-0.39, 0.29) is 29.9 Å². The van der Waals surface area contributed by atoms with Crippen molar-refractivity contribution in [2.75, 3.05) is 13.1 Å². The molecular formula is C22H29N3O3. The molecule has 3 aliphatic rings. The Labute approximate surface area is 166 Å². The molecule has 1 saturated carbocycles. The molecule has 6 nitrogen and oxygen atoms in total. The normalized spacial score (nSPS) is 23.8. The number of nitrogens with zero attached hydrogens (tertiary/aromatic N) is 2. The highest BCUT2D eigenvalue weighted by Gasteiger charge is 2.33. The van der Waals surface area contributed by atoms with Gasteiger partial charge in [0, 0.05) is 31.5 Å². The lowest BCUT2D eigenvalue weighted by molar-refractivity contribution is -0.127. The first kappa shape index (κ1) is 19.0. The van der Waals surface area contributed by atoms with Crippen molar-refractivity contribution in [3.05, 3.63) is 35.9 Å². The third-order valence-corrected chi connectivity index (χ3v) is 6.19. The second-order valence-electron chi connectivity index (χ2n) is 8.16. The summed E-state index contributed by atoms with van der Waals surface area (Å²) in [6.07, 6.45) is 7.58. The van der Waals surface area contributed by atoms with E-state index in [0.29, 0.717) is 25.2 Å². The number of rotatable bonds is 4. The summed E-state index contributed by atoms with van der Waals surface area (Å²) in [5.74, 6) is 0.368. The van der Waals surface area contributed by atoms with Crippen molar-refractivity contribution in [3.63, 3.8) is 0 Å². The van der Waals surface area contributed by atoms with E-state index in [4.69, 9.17) is 4.84 Å². The molecular weight excluding hydrogens is 354 g/mol. The lowest BCUT2D eigenvalue weighted by atomic mass is 9.88. The lowest BCUT2D eigenvalue weighted by Gasteiger charge is -2.33. The molecule has 1 N–H and O–H groups in total. The van der Waals surface area contributed by atoms with Crippen molar-refractivity contribution in [1.29, 1.82) is 0 Å². The molecule has 1 aliphatic carbocycles. The van der Waals surface area contributed by atoms with Gasteiger partial charge < -0.3 is 15.1 Å². The summed E-state index contributed by atoms with van der Waals surface area (Å²) >= 11 is 0. The first-order valence-electron chi connectivity index (χ1n) is 10.6. The van der Waals surface area contributed by atoms with E-state index in [9.17, 15) is 9.59 Å². The standard InChI is InChI=1S/C22H29N3O3/c26-21(17-9-5-2-6-10-17)23-18-11-13-25(14-12-18)22(27)19-15-20(28-24-19)16-7-3-1-4-8-16/h1,3-4,7-8,17-18,20H,2,5-6,9-15H2,(H,23,26)/t20-/m0/s1. The number of piperidine rings is 1. The highest BCUT2D eigenvalue weighted by atomic mass is 16.6. The molecule has 0 spiro atoms. The fraction of sp³-hybridized carbons (Fsp3) is 0.591. The Bertz CT molecular complexity index is 720. The van der Waals surface area contributed by atoms with E-state index in [2.05, 4.69) is 10.5 Å². The number of nitrogens with one attached hydrogen (secondary N) is 1. The molecule has 0 radical (unpaired) electrons. The van der Waals surface area contributed by atoms with Gasteiger partial charge in [0.1, 0.15) is 5.71 Å². The third kappa shape index (κ3) is 4.37. The first-order chi connectivity index (χ1) is 13.7. The zero-order valence-corrected chi connectivity index (χ0v) is 16.3. The van der Waals surface area contributed by atoms with Gasteiger partial charge in [0.2, 0.25) is 5.91 Å². The number of likely N-dealkylation sites (tertiary alicyclic amines) is 1. The van der Waals surface area contributed by atoms with Crippen LogP contribution < -0.4 is 5.32 Å². The summed E-state index contributed by atoms with van der Waals surface area (Å²) in [4.78, 5) is 32.5. The molecule has 150 valence electrons. The lowest BCUT2D eigenvalue weighted by Crippen LogP contribution is -2.49. The van der Waals surface area contributed by atoms with Crippen LogP contribution in [0.15, 0.2) is 35.5 Å². The number of hydrogen-bond donors (Lipinski definition) is 1. The van der Waals surface area contributed by atoms with Gasteiger partial charge in [0.15, 0.2) is 6.10 Å². The van der Waals surface area contributed by atoms with E-state index in [0.717, 1.165) is 31.2 Å². The van der Waals surface area contributed by atoms with E-state index >= 15 is 0 Å². The zero-order valence-electron chi connectivity index (χ0n) is 16.3. The van der Waals surface area contributed by atoms with E-state index in [1.807, 2.05) is 35.2 Å². The summed E-state index contributed by atoms with van der Waals surface area (Å²) in [7, 11) is 0. The molecule has 2 heterocycles. The van der Waals surface area contributed by atoms with Crippen LogP contribution in [0.25, 0.3) is 0 Å². The van der Waals surface area contributed by atoms with Crippen molar-refractivity contribution in [1.82, 2.24) is 10.2 Å². The van der Waals surface area contributed by atoms with Crippen LogP contribution in [-0.4, -0.2) is 41.6 Å². The Morgan fingerprint density at radius 2 is 1.71 bits per heavy atom. The quantitative estimate of drug-likeness (QED) is 0.868. The molecule has 28 heavy (non-hydrogen) atoms. The van der Waals surface area contributed by atoms with Gasteiger partial charge in [-0.1, -0.05) is 54.8 Å². The Kier molecular flexibility index (Phi) is 5.93. The molecule has 4 rings (SSSR count). The fourth-order valence-electron chi connectivity index (χ4n) is 4.44. The van der Waals surface area contributed by atoms with Gasteiger partial charge in [0.25, 0.3) is 5.91 Å². The zero-order chi connectivity index (χ0) is 19.3. The van der Waals surface area contributed by atoms with Gasteiger partial charge in [-0.05, 0) is 31.2 Å². The van der Waals surface area contributed by atoms with Crippen LogP contribution in [0.2, 0.25) is 0 Å². The Morgan fingerprint density at radius 3 is 2.43 bits per heavy atom. The smallest absolute Gasteiger partial charge is 0.271 e. The van der Waals surface area contributed by atoms with Gasteiger partial charge in [-0.25, -0.2) is 0 Å². The van der Waals surface area contributed by atoms with Gasteiger partial charge in [-0.2, -0.15) is 0 Å². The molecule has 2 aliphatic heterocycles. The van der Waals surface area contributed by atoms with Gasteiger partial charge in [-0.15, -0.1) is 0 Å². The molecule has 1 saturated heterocycles. The number of amides is 2. The fourth-order valence-corrected chi connectivity index (χ4v) is 4.44. The SMILES string of the molecule is O=C(NC1CCN(C(=O)C2=NO[C@H](c3ccccc3)C2)CC1)C1CCCCC1. The number of hydrogen-bond acceptors (Lipinski definition) is 4. The Morgan fingerprint density at radius 1 is 1.00 bits per heavy atom. The molecule has 2 amide bonds. The minimum atomic E-state index is -0.174. The summed E-state index contributed by atoms with van der Waals surface area (Å²) in [5.41, 5.74) is 1.54. The van der Waals surface area contributed by atoms with Crippen molar-refractivity contribution in [2.24, 2.45) is 11.1 Å². The number of benzene rings is 1. The summed E-state index contributed by atoms with van der Waals surface area (Å²) in [5, 5.41) is 7.27. The molecule has 1 aromatic rings. The highest BCUT2D eigenvalue weighted by Crippen LogP contribution is 2.28. The number of carbonyl (C=O) groups excluding carboxylic acids is 2. The van der Waals surface area contributed by atoms with Crippen LogP contribution in [0.5, 0.6) is 0 Å². The molecule has 0 unspecified atom stereocenters. The van der Waals surface area contributed by atoms with Crippen LogP contribution in [0.3, 0.4) is 0 Å². The Hall–Kier alpha value is -2.37. The Balaban J connectivity index is 1.24. The van der Waals surface area contributed by atoms with Crippen LogP contribution in [-0.2, 0) is 14.4 Å². The predicted molar refractivity (Wildman–Crippen MR) is 107 cm³/mol. The predicted octanol–water partition coefficient (Wildman–Crippen LogP) is 3.19. The monoisotopic (exact) mass is 383 g/mol. The van der Waals surface area contributed by atoms with Crippen molar-refractivity contribution in [3.8, 4) is 0 Å². The second kappa shape index (κ2) is 8.76. The summed E-state index contributed by atoms with van der Waals surface area (Å²) in [6, 6.07) is 10.1. The van der Waals surface area contributed by atoms with Crippen molar-refractivity contribution < 1.29 is 14.4 Å². The summed E-state index contributed by atoms with van der Waals surface area (Å²) in [6.45, 7) is 1.31. The number of carbonyl (C=O) groups is 2. The molecule has 1 aromatic carbocycles. The average Bonchev–Trinajstić information content (AvgIpc) is 3.25. The highest BCUT2D eigenvalue weighted by molar-refractivity contribution is 6.39. The first-order valence-corrected chi connectivity index (χ1v) is 10.6. The molecule has 1 atom stereocenters. The molecule has 6 heteroatoms. The van der Waals surface area contributed by atoms with Gasteiger partial charge in [0.05, 0.1) is 0 Å². The maximum atomic E-state index is 12.8. The van der Waals surface area contributed by atoms with Crippen LogP contribution in [0.1, 0.15) is 63.0 Å². The van der Waals surface area contributed by atoms with E-state index in [1.54, 1.807) is 0 Å². The molecule has 0 bridgehead atoms. The van der Waals surface area contributed by atoms with E-state index in [1.165, 1.54) is 19.3 Å². The second-order valence-corrected chi connectivity index (χ2v) is 8.16. The maximum absolute atomic E-state index is 12.8. The van der Waals surface area contributed by atoms with Crippen LogP contribution in [0.4, 0.5) is 0 Å². The van der Waals surface area contributed by atoms with Gasteiger partial charge in [-0.3, -0.25) is 9.59 Å². The topological polar surface area (TPSA) is 71.0 Å². The van der Waals surface area contributed by atoms with E-state index < -0.39 is 0 Å². The minimum absolute atomic E-state index is 0.0320. The largest absolute Gasteiger partial charge is 0.387 e. The van der Waals surface area contributed by atoms with Crippen molar-refractivity contribution >= 4 is 17.5 Å². The third-order valence-electron chi connectivity index (χ3n) is 6.19. The van der Waals surface area contributed by atoms with Crippen molar-refractivity contribution in [2.45, 2.75) is 63.5 Å². The maximum Gasteiger partial charge on any atom is 0.271 e. The van der Waals surface area contributed by atoms with Crippen LogP contribution in [0, 0.1) is 5.92 Å².